The molecule has 28 heavy (non-hydrogen) atoms. The normalized spacial score (nSPS) is 10.3. The van der Waals surface area contributed by atoms with E-state index in [0.717, 1.165) is 0 Å². The van der Waals surface area contributed by atoms with Gasteiger partial charge in [0.1, 0.15) is 0 Å². The summed E-state index contributed by atoms with van der Waals surface area (Å²) >= 11 is 1.86. The van der Waals surface area contributed by atoms with E-state index in [9.17, 15) is 30.3 Å². The second kappa shape index (κ2) is 7.76. The van der Waals surface area contributed by atoms with Crippen LogP contribution in [0.2, 0.25) is 0 Å². The number of nitro benzene ring substituents is 3. The molecular weight excluding hydrogens is 386 g/mol. The largest absolute Gasteiger partial charge is 0.283 e. The van der Waals surface area contributed by atoms with Crippen molar-refractivity contribution in [1.82, 2.24) is 0 Å². The van der Waals surface area contributed by atoms with Crippen molar-refractivity contribution in [3.05, 3.63) is 97.1 Å². The van der Waals surface area contributed by atoms with Crippen LogP contribution < -0.4 is 0 Å². The zero-order valence-electron chi connectivity index (χ0n) is 14.1. The lowest BCUT2D eigenvalue weighted by Crippen LogP contribution is -1.96. The van der Waals surface area contributed by atoms with Crippen molar-refractivity contribution in [3.63, 3.8) is 0 Å². The van der Waals surface area contributed by atoms with Crippen LogP contribution in [0.3, 0.4) is 0 Å². The molecule has 4 aromatic rings. The minimum absolute atomic E-state index is 0.660. The molecule has 3 aromatic carbocycles. The molecule has 0 spiro atoms. The Morgan fingerprint density at radius 2 is 0.893 bits per heavy atom. The van der Waals surface area contributed by atoms with Gasteiger partial charge in [0.2, 0.25) is 0 Å². The summed E-state index contributed by atoms with van der Waals surface area (Å²) in [6.45, 7) is 0. The van der Waals surface area contributed by atoms with Crippen molar-refractivity contribution < 1.29 is 14.8 Å². The molecule has 0 unspecified atom stereocenters. The van der Waals surface area contributed by atoms with Crippen molar-refractivity contribution in [1.29, 1.82) is 0 Å². The highest BCUT2D eigenvalue weighted by molar-refractivity contribution is 7.25. The van der Waals surface area contributed by atoms with Crippen molar-refractivity contribution in [2.24, 2.45) is 0 Å². The Balaban J connectivity index is 0.000000162. The molecule has 0 aliphatic heterocycles. The zero-order chi connectivity index (χ0) is 20.3. The highest BCUT2D eigenvalue weighted by atomic mass is 32.1. The molecule has 0 aliphatic carbocycles. The Morgan fingerprint density at radius 3 is 1.21 bits per heavy atom. The zero-order valence-corrected chi connectivity index (χ0v) is 14.9. The highest BCUT2D eigenvalue weighted by Gasteiger charge is 2.21. The summed E-state index contributed by atoms with van der Waals surface area (Å²) in [5.41, 5.74) is -2.05. The number of fused-ring (bicyclic) bond motifs is 3. The fourth-order valence-electron chi connectivity index (χ4n) is 2.57. The van der Waals surface area contributed by atoms with E-state index in [0.29, 0.717) is 18.2 Å². The van der Waals surface area contributed by atoms with Gasteiger partial charge < -0.3 is 0 Å². The predicted octanol–water partition coefficient (Wildman–Crippen LogP) is 5.47. The number of benzene rings is 3. The number of thiophene rings is 1. The van der Waals surface area contributed by atoms with Gasteiger partial charge in [0.25, 0.3) is 17.1 Å². The lowest BCUT2D eigenvalue weighted by molar-refractivity contribution is -0.403. The number of nitrogens with zero attached hydrogens (tertiary/aromatic N) is 3. The van der Waals surface area contributed by atoms with Gasteiger partial charge >= 0.3 is 0 Å². The van der Waals surface area contributed by atoms with Crippen molar-refractivity contribution in [3.8, 4) is 0 Å². The summed E-state index contributed by atoms with van der Waals surface area (Å²) in [6, 6.07) is 19.1. The smallest absolute Gasteiger partial charge is 0.258 e. The first-order valence-corrected chi connectivity index (χ1v) is 8.63. The fraction of sp³-hybridized carbons (Fsp3) is 0. The summed E-state index contributed by atoms with van der Waals surface area (Å²) < 4.78 is 2.76. The van der Waals surface area contributed by atoms with Gasteiger partial charge in [-0.1, -0.05) is 36.4 Å². The van der Waals surface area contributed by atoms with E-state index in [4.69, 9.17) is 0 Å². The van der Waals surface area contributed by atoms with Crippen LogP contribution >= 0.6 is 11.3 Å². The molecule has 4 rings (SSSR count). The van der Waals surface area contributed by atoms with Gasteiger partial charge in [-0.2, -0.15) is 0 Å². The molecule has 0 fully saturated rings. The van der Waals surface area contributed by atoms with Crippen LogP contribution in [-0.2, 0) is 0 Å². The molecule has 0 N–H and O–H groups in total. The van der Waals surface area contributed by atoms with Gasteiger partial charge in [-0.15, -0.1) is 11.3 Å². The molecule has 0 saturated carbocycles. The van der Waals surface area contributed by atoms with E-state index >= 15 is 0 Å². The van der Waals surface area contributed by atoms with Crippen LogP contribution in [0.25, 0.3) is 20.2 Å². The Hall–Kier alpha value is -3.92. The second-order valence-corrected chi connectivity index (χ2v) is 6.66. The minimum Gasteiger partial charge on any atom is -0.258 e. The van der Waals surface area contributed by atoms with E-state index in [1.807, 2.05) is 11.3 Å². The molecule has 0 radical (unpaired) electrons. The van der Waals surface area contributed by atoms with E-state index in [-0.39, 0.29) is 0 Å². The maximum Gasteiger partial charge on any atom is 0.283 e. The molecule has 10 heteroatoms. The third-order valence-electron chi connectivity index (χ3n) is 3.80. The van der Waals surface area contributed by atoms with Gasteiger partial charge in [0.05, 0.1) is 33.0 Å². The summed E-state index contributed by atoms with van der Waals surface area (Å²) in [7, 11) is 0. The monoisotopic (exact) mass is 397 g/mol. The van der Waals surface area contributed by atoms with Crippen molar-refractivity contribution >= 4 is 48.6 Å². The van der Waals surface area contributed by atoms with Crippen LogP contribution in [0.1, 0.15) is 0 Å². The summed E-state index contributed by atoms with van der Waals surface area (Å²) in [5, 5.41) is 33.7. The molecule has 140 valence electrons. The second-order valence-electron chi connectivity index (χ2n) is 5.57. The van der Waals surface area contributed by atoms with E-state index < -0.39 is 31.8 Å². The van der Waals surface area contributed by atoms with Gasteiger partial charge in [-0.25, -0.2) is 0 Å². The number of rotatable bonds is 3. The lowest BCUT2D eigenvalue weighted by Gasteiger charge is -1.93. The molecule has 1 aromatic heterocycles. The number of non-ortho nitro benzene ring substituents is 3. The first kappa shape index (κ1) is 18.9. The molecule has 1 heterocycles. The van der Waals surface area contributed by atoms with E-state index in [2.05, 4.69) is 48.5 Å². The van der Waals surface area contributed by atoms with Crippen LogP contribution in [0.5, 0.6) is 0 Å². The maximum atomic E-state index is 10.3. The summed E-state index contributed by atoms with van der Waals surface area (Å²) in [6.07, 6.45) is 0. The van der Waals surface area contributed by atoms with Crippen LogP contribution in [0.4, 0.5) is 17.1 Å². The standard InChI is InChI=1S/C12H8S.C6H3N3O6/c1-3-7-11-9(5-1)10-6-2-4-8-12(10)13-11;10-7(11)4-1-5(8(12)13)3-6(2-4)9(14)15/h1-8H;1-3H. The van der Waals surface area contributed by atoms with Crippen molar-refractivity contribution in [2.45, 2.75) is 0 Å². The Morgan fingerprint density at radius 1 is 0.571 bits per heavy atom. The highest BCUT2D eigenvalue weighted by Crippen LogP contribution is 2.32. The minimum atomic E-state index is -0.931. The van der Waals surface area contributed by atoms with Crippen LogP contribution in [0, 0.1) is 30.3 Å². The van der Waals surface area contributed by atoms with Crippen LogP contribution in [0.15, 0.2) is 66.7 Å². The summed E-state index contributed by atoms with van der Waals surface area (Å²) in [5.74, 6) is 0. The predicted molar refractivity (Wildman–Crippen MR) is 106 cm³/mol. The third-order valence-corrected chi connectivity index (χ3v) is 4.96. The van der Waals surface area contributed by atoms with E-state index in [1.165, 1.54) is 20.2 Å². The molecule has 0 saturated heterocycles. The molecular formula is C18H11N3O6S. The number of nitro groups is 3. The molecule has 0 amide bonds. The molecule has 0 aliphatic rings. The van der Waals surface area contributed by atoms with Gasteiger partial charge in [0, 0.05) is 20.2 Å². The van der Waals surface area contributed by atoms with Crippen molar-refractivity contribution in [2.75, 3.05) is 0 Å². The number of hydrogen-bond acceptors (Lipinski definition) is 7. The summed E-state index contributed by atoms with van der Waals surface area (Å²) in [4.78, 5) is 28.1. The maximum absolute atomic E-state index is 10.3. The Labute approximate surface area is 160 Å². The lowest BCUT2D eigenvalue weighted by atomic mass is 10.2. The van der Waals surface area contributed by atoms with E-state index in [1.54, 1.807) is 0 Å². The average Bonchev–Trinajstić information content (AvgIpc) is 3.06. The molecule has 9 nitrogen and oxygen atoms in total. The third kappa shape index (κ3) is 3.91. The topological polar surface area (TPSA) is 129 Å². The van der Waals surface area contributed by atoms with Gasteiger partial charge in [-0.05, 0) is 12.1 Å². The molecule has 0 bridgehead atoms. The fourth-order valence-corrected chi connectivity index (χ4v) is 3.68. The first-order chi connectivity index (χ1) is 13.4. The quantitative estimate of drug-likeness (QED) is 0.333. The Kier molecular flexibility index (Phi) is 5.23. The van der Waals surface area contributed by atoms with Gasteiger partial charge in [0.15, 0.2) is 0 Å². The van der Waals surface area contributed by atoms with Gasteiger partial charge in [-0.3, -0.25) is 30.3 Å². The number of hydrogen-bond donors (Lipinski definition) is 0. The SMILES string of the molecule is O=[N+]([O-])c1cc([N+](=O)[O-])cc([N+](=O)[O-])c1.c1ccc2c(c1)sc1ccccc12. The van der Waals surface area contributed by atoms with Crippen LogP contribution in [-0.4, -0.2) is 14.8 Å². The average molecular weight is 397 g/mol. The molecule has 0 atom stereocenters. The Bertz CT molecular complexity index is 1090. The first-order valence-electron chi connectivity index (χ1n) is 7.81.